The monoisotopic (exact) mass is 303 g/mol. The third-order valence-electron chi connectivity index (χ3n) is 3.60. The molecular weight excluding hydrogens is 270 g/mol. The Bertz CT molecular complexity index is 457. The quantitative estimate of drug-likeness (QED) is 0.449. The van der Waals surface area contributed by atoms with Gasteiger partial charge in [0.05, 0.1) is 5.69 Å². The fourth-order valence-corrected chi connectivity index (χ4v) is 2.31. The summed E-state index contributed by atoms with van der Waals surface area (Å²) < 4.78 is 1.98. The van der Waals surface area contributed by atoms with Crippen LogP contribution in [0.5, 0.6) is 0 Å². The van der Waals surface area contributed by atoms with Gasteiger partial charge in [-0.1, -0.05) is 50.2 Å². The summed E-state index contributed by atoms with van der Waals surface area (Å²) in [6, 6.07) is 0. The van der Waals surface area contributed by atoms with Crippen LogP contribution in [0.25, 0.3) is 0 Å². The molecule has 0 radical (unpaired) electrons. The summed E-state index contributed by atoms with van der Waals surface area (Å²) in [5.74, 6) is 6.59. The normalized spacial score (nSPS) is 11.3. The van der Waals surface area contributed by atoms with Crippen LogP contribution in [0.3, 0.4) is 0 Å². The highest BCUT2D eigenvalue weighted by Gasteiger charge is 2.02. The van der Waals surface area contributed by atoms with Gasteiger partial charge < -0.3 is 0 Å². The molecule has 0 amide bonds. The Kier molecular flexibility index (Phi) is 8.89. The number of hydrogen-bond donors (Lipinski definition) is 0. The van der Waals surface area contributed by atoms with Crippen molar-refractivity contribution >= 4 is 0 Å². The third kappa shape index (κ3) is 9.60. The van der Waals surface area contributed by atoms with E-state index in [1.807, 2.05) is 4.68 Å². The van der Waals surface area contributed by atoms with Crippen LogP contribution in [0.15, 0.2) is 6.20 Å². The number of unbranched alkanes of at least 4 members (excludes halogenated alkanes) is 7. The molecule has 1 aromatic rings. The lowest BCUT2D eigenvalue weighted by Crippen LogP contribution is -1.99. The van der Waals surface area contributed by atoms with Crippen molar-refractivity contribution in [2.45, 2.75) is 92.0 Å². The number of aryl methyl sites for hydroxylation is 2. The van der Waals surface area contributed by atoms with Crippen molar-refractivity contribution in [2.24, 2.45) is 5.41 Å². The van der Waals surface area contributed by atoms with Crippen molar-refractivity contribution in [3.05, 3.63) is 11.9 Å². The highest BCUT2D eigenvalue weighted by atomic mass is 15.4. The van der Waals surface area contributed by atoms with Crippen LogP contribution in [-0.4, -0.2) is 15.0 Å². The molecule has 0 aliphatic heterocycles. The van der Waals surface area contributed by atoms with E-state index in [0.717, 1.165) is 25.1 Å². The van der Waals surface area contributed by atoms with E-state index in [1.165, 1.54) is 44.9 Å². The second kappa shape index (κ2) is 10.4. The smallest absolute Gasteiger partial charge is 0.0824 e. The molecule has 0 aromatic carbocycles. The predicted molar refractivity (Wildman–Crippen MR) is 93.6 cm³/mol. The Balaban J connectivity index is 1.90. The largest absolute Gasteiger partial charge is 0.252 e. The maximum Gasteiger partial charge on any atom is 0.0824 e. The molecular formula is C19H33N3. The summed E-state index contributed by atoms with van der Waals surface area (Å²) in [5, 5.41) is 8.25. The van der Waals surface area contributed by atoms with Gasteiger partial charge in [-0.05, 0) is 40.0 Å². The summed E-state index contributed by atoms with van der Waals surface area (Å²) >= 11 is 0. The van der Waals surface area contributed by atoms with Crippen LogP contribution in [0.2, 0.25) is 0 Å². The van der Waals surface area contributed by atoms with Crippen molar-refractivity contribution in [3.63, 3.8) is 0 Å². The molecule has 0 atom stereocenters. The van der Waals surface area contributed by atoms with Crippen molar-refractivity contribution < 1.29 is 0 Å². The number of rotatable bonds is 10. The molecule has 0 saturated carbocycles. The zero-order valence-electron chi connectivity index (χ0n) is 15.0. The lowest BCUT2D eigenvalue weighted by Gasteiger charge is -2.06. The second-order valence-electron chi connectivity index (χ2n) is 7.10. The lowest BCUT2D eigenvalue weighted by molar-refractivity contribution is 0.512. The summed E-state index contributed by atoms with van der Waals surface area (Å²) in [6.45, 7) is 9.63. The van der Waals surface area contributed by atoms with E-state index < -0.39 is 0 Å². The topological polar surface area (TPSA) is 30.7 Å². The minimum Gasteiger partial charge on any atom is -0.252 e. The van der Waals surface area contributed by atoms with Gasteiger partial charge in [-0.3, -0.25) is 4.68 Å². The number of hydrogen-bond acceptors (Lipinski definition) is 2. The van der Waals surface area contributed by atoms with Crippen molar-refractivity contribution in [3.8, 4) is 11.8 Å². The lowest BCUT2D eigenvalue weighted by atomic mass is 9.97. The molecule has 0 aliphatic rings. The van der Waals surface area contributed by atoms with E-state index in [-0.39, 0.29) is 5.41 Å². The Labute approximate surface area is 136 Å². The van der Waals surface area contributed by atoms with Crippen LogP contribution in [0, 0.1) is 17.3 Å². The molecule has 1 rings (SSSR count). The molecule has 0 aliphatic carbocycles. The Hall–Kier alpha value is -1.30. The summed E-state index contributed by atoms with van der Waals surface area (Å²) in [7, 11) is 0. The molecule has 0 spiro atoms. The van der Waals surface area contributed by atoms with Crippen LogP contribution in [0.1, 0.15) is 84.8 Å². The van der Waals surface area contributed by atoms with Crippen LogP contribution in [0.4, 0.5) is 0 Å². The molecule has 0 fully saturated rings. The molecule has 3 nitrogen and oxygen atoms in total. The van der Waals surface area contributed by atoms with E-state index in [0.29, 0.717) is 0 Å². The first-order valence-electron chi connectivity index (χ1n) is 8.90. The second-order valence-corrected chi connectivity index (χ2v) is 7.10. The van der Waals surface area contributed by atoms with Gasteiger partial charge in [0.1, 0.15) is 0 Å². The summed E-state index contributed by atoms with van der Waals surface area (Å²) in [4.78, 5) is 0. The Morgan fingerprint density at radius 3 is 2.23 bits per heavy atom. The van der Waals surface area contributed by atoms with Gasteiger partial charge >= 0.3 is 0 Å². The zero-order chi connectivity index (χ0) is 16.3. The van der Waals surface area contributed by atoms with Gasteiger partial charge in [-0.25, -0.2) is 0 Å². The van der Waals surface area contributed by atoms with Gasteiger partial charge in [-0.15, -0.1) is 11.0 Å². The first-order valence-corrected chi connectivity index (χ1v) is 8.90. The van der Waals surface area contributed by atoms with E-state index in [1.54, 1.807) is 0 Å². The number of nitrogens with zero attached hydrogens (tertiary/aromatic N) is 3. The SMILES string of the molecule is CCc1cn(CCCCCCCCCC#CC(C)(C)C)nn1. The van der Waals surface area contributed by atoms with Gasteiger partial charge in [0.25, 0.3) is 0 Å². The molecule has 3 heteroatoms. The molecule has 1 heterocycles. The minimum absolute atomic E-state index is 0.155. The first kappa shape index (κ1) is 18.7. The van der Waals surface area contributed by atoms with Crippen molar-refractivity contribution in [2.75, 3.05) is 0 Å². The highest BCUT2D eigenvalue weighted by molar-refractivity contribution is 5.06. The molecule has 1 aromatic heterocycles. The van der Waals surface area contributed by atoms with E-state index in [2.05, 4.69) is 56.0 Å². The minimum atomic E-state index is 0.155. The number of aromatic nitrogens is 3. The molecule has 124 valence electrons. The third-order valence-corrected chi connectivity index (χ3v) is 3.60. The average Bonchev–Trinajstić information content (AvgIpc) is 2.91. The molecule has 0 bridgehead atoms. The van der Waals surface area contributed by atoms with E-state index >= 15 is 0 Å². The fourth-order valence-electron chi connectivity index (χ4n) is 2.31. The fraction of sp³-hybridized carbons (Fsp3) is 0.789. The van der Waals surface area contributed by atoms with Crippen LogP contribution in [-0.2, 0) is 13.0 Å². The van der Waals surface area contributed by atoms with Gasteiger partial charge in [0, 0.05) is 24.6 Å². The highest BCUT2D eigenvalue weighted by Crippen LogP contribution is 2.11. The summed E-state index contributed by atoms with van der Waals surface area (Å²) in [5.41, 5.74) is 1.25. The Morgan fingerprint density at radius 1 is 1.00 bits per heavy atom. The van der Waals surface area contributed by atoms with Gasteiger partial charge in [-0.2, -0.15) is 0 Å². The van der Waals surface area contributed by atoms with E-state index in [9.17, 15) is 0 Å². The van der Waals surface area contributed by atoms with Crippen molar-refractivity contribution in [1.82, 2.24) is 15.0 Å². The van der Waals surface area contributed by atoms with Crippen molar-refractivity contribution in [1.29, 1.82) is 0 Å². The molecule has 22 heavy (non-hydrogen) atoms. The predicted octanol–water partition coefficient (Wildman–Crippen LogP) is 5.01. The van der Waals surface area contributed by atoms with Crippen LogP contribution < -0.4 is 0 Å². The van der Waals surface area contributed by atoms with Gasteiger partial charge in [0.15, 0.2) is 0 Å². The maximum absolute atomic E-state index is 4.13. The van der Waals surface area contributed by atoms with Gasteiger partial charge in [0.2, 0.25) is 0 Å². The Morgan fingerprint density at radius 2 is 1.64 bits per heavy atom. The van der Waals surface area contributed by atoms with Crippen LogP contribution >= 0.6 is 0 Å². The molecule has 0 unspecified atom stereocenters. The van der Waals surface area contributed by atoms with E-state index in [4.69, 9.17) is 0 Å². The zero-order valence-corrected chi connectivity index (χ0v) is 15.0. The average molecular weight is 303 g/mol. The first-order chi connectivity index (χ1) is 10.5. The maximum atomic E-state index is 4.13. The summed E-state index contributed by atoms with van der Waals surface area (Å²) in [6.07, 6.45) is 13.2. The standard InChI is InChI=1S/C19H33N3/c1-5-18-17-22(21-20-18)16-14-12-10-8-6-7-9-11-13-15-19(2,3)4/h17H,5-12,14,16H2,1-4H3. The molecule has 0 N–H and O–H groups in total. The molecule has 0 saturated heterocycles.